The van der Waals surface area contributed by atoms with Crippen LogP contribution in [0, 0.1) is 5.92 Å². The minimum Gasteiger partial charge on any atom is -0.384 e. The van der Waals surface area contributed by atoms with Crippen molar-refractivity contribution in [2.45, 2.75) is 32.1 Å². The summed E-state index contributed by atoms with van der Waals surface area (Å²) >= 11 is 0. The second-order valence-electron chi connectivity index (χ2n) is 6.29. The second-order valence-corrected chi connectivity index (χ2v) is 6.29. The molecule has 1 unspecified atom stereocenters. The molecule has 0 aromatic carbocycles. The van der Waals surface area contributed by atoms with Crippen LogP contribution in [0.2, 0.25) is 0 Å². The van der Waals surface area contributed by atoms with Gasteiger partial charge in [-0.1, -0.05) is 12.8 Å². The number of methoxy groups -OCH3 is 1. The van der Waals surface area contributed by atoms with Gasteiger partial charge in [-0.3, -0.25) is 4.99 Å². The van der Waals surface area contributed by atoms with Crippen LogP contribution in [0.15, 0.2) is 4.99 Å². The molecular weight excluding hydrogens is 391 g/mol. The lowest BCUT2D eigenvalue weighted by Crippen LogP contribution is -2.43. The average Bonchev–Trinajstić information content (AvgIpc) is 2.80. The summed E-state index contributed by atoms with van der Waals surface area (Å²) in [6, 6.07) is 0. The van der Waals surface area contributed by atoms with E-state index in [0.717, 1.165) is 38.7 Å². The molecule has 0 bridgehead atoms. The zero-order valence-electron chi connectivity index (χ0n) is 14.2. The molecule has 1 N–H and O–H groups in total. The van der Waals surface area contributed by atoms with Crippen LogP contribution < -0.4 is 5.32 Å². The van der Waals surface area contributed by atoms with Crippen molar-refractivity contribution in [3.8, 4) is 0 Å². The molecule has 2 saturated heterocycles. The van der Waals surface area contributed by atoms with Crippen molar-refractivity contribution < 1.29 is 4.74 Å². The lowest BCUT2D eigenvalue weighted by molar-refractivity contribution is 0.157. The monoisotopic (exact) mass is 424 g/mol. The minimum absolute atomic E-state index is 0. The summed E-state index contributed by atoms with van der Waals surface area (Å²) in [6.45, 7) is 7.68. The van der Waals surface area contributed by atoms with Gasteiger partial charge < -0.3 is 19.9 Å². The van der Waals surface area contributed by atoms with Gasteiger partial charge in [-0.15, -0.1) is 24.0 Å². The molecule has 0 aromatic heterocycles. The number of guanidine groups is 1. The van der Waals surface area contributed by atoms with E-state index in [-0.39, 0.29) is 24.0 Å². The van der Waals surface area contributed by atoms with Crippen LogP contribution in [0.25, 0.3) is 0 Å². The van der Waals surface area contributed by atoms with Crippen molar-refractivity contribution in [2.24, 2.45) is 10.9 Å². The number of nitrogens with zero attached hydrogens (tertiary/aromatic N) is 3. The number of likely N-dealkylation sites (tertiary alicyclic amines) is 2. The Balaban J connectivity index is 0.00000242. The van der Waals surface area contributed by atoms with Crippen LogP contribution in [-0.2, 0) is 4.74 Å². The molecule has 2 aliphatic heterocycles. The van der Waals surface area contributed by atoms with Gasteiger partial charge in [-0.05, 0) is 32.4 Å². The summed E-state index contributed by atoms with van der Waals surface area (Å²) in [5, 5.41) is 3.54. The predicted octanol–water partition coefficient (Wildman–Crippen LogP) is 2.02. The topological polar surface area (TPSA) is 40.1 Å². The van der Waals surface area contributed by atoms with Crippen molar-refractivity contribution in [2.75, 3.05) is 60.0 Å². The van der Waals surface area contributed by atoms with Crippen LogP contribution in [0.4, 0.5) is 0 Å². The molecule has 0 spiro atoms. The molecule has 6 heteroatoms. The molecule has 0 aliphatic carbocycles. The first kappa shape index (κ1) is 20.0. The highest BCUT2D eigenvalue weighted by Crippen LogP contribution is 2.16. The largest absolute Gasteiger partial charge is 0.384 e. The molecule has 5 nitrogen and oxygen atoms in total. The van der Waals surface area contributed by atoms with Crippen LogP contribution >= 0.6 is 24.0 Å². The molecule has 2 fully saturated rings. The first-order chi connectivity index (χ1) is 10.3. The third-order valence-corrected chi connectivity index (χ3v) is 4.61. The van der Waals surface area contributed by atoms with E-state index in [1.165, 1.54) is 45.2 Å². The molecule has 0 amide bonds. The van der Waals surface area contributed by atoms with Crippen molar-refractivity contribution in [1.82, 2.24) is 15.1 Å². The summed E-state index contributed by atoms with van der Waals surface area (Å²) in [5.74, 6) is 1.71. The molecule has 0 radical (unpaired) electrons. The van der Waals surface area contributed by atoms with Gasteiger partial charge in [-0.2, -0.15) is 0 Å². The number of hydrogen-bond acceptors (Lipinski definition) is 3. The van der Waals surface area contributed by atoms with E-state index in [4.69, 9.17) is 4.74 Å². The van der Waals surface area contributed by atoms with E-state index in [1.807, 2.05) is 7.05 Å². The highest BCUT2D eigenvalue weighted by atomic mass is 127. The Morgan fingerprint density at radius 1 is 1.18 bits per heavy atom. The van der Waals surface area contributed by atoms with E-state index in [2.05, 4.69) is 20.1 Å². The number of rotatable bonds is 5. The fourth-order valence-corrected chi connectivity index (χ4v) is 3.41. The van der Waals surface area contributed by atoms with E-state index in [9.17, 15) is 0 Å². The first-order valence-electron chi connectivity index (χ1n) is 8.50. The SMILES string of the molecule is CN=C(NCCN1CCCCCC1)N1CCC(COC)C1.I. The standard InChI is InChI=1S/C16H32N4O.HI/c1-17-16(20-11-7-15(13-20)14-21-2)18-8-12-19-9-5-3-4-6-10-19;/h15H,3-14H2,1-2H3,(H,17,18);1H. The Morgan fingerprint density at radius 2 is 1.91 bits per heavy atom. The van der Waals surface area contributed by atoms with E-state index in [1.54, 1.807) is 7.11 Å². The number of ether oxygens (including phenoxy) is 1. The van der Waals surface area contributed by atoms with Crippen LogP contribution in [0.3, 0.4) is 0 Å². The van der Waals surface area contributed by atoms with Crippen molar-refractivity contribution >= 4 is 29.9 Å². The average molecular weight is 424 g/mol. The van der Waals surface area contributed by atoms with E-state index >= 15 is 0 Å². The zero-order chi connectivity index (χ0) is 14.9. The van der Waals surface area contributed by atoms with Crippen LogP contribution in [0.5, 0.6) is 0 Å². The maximum Gasteiger partial charge on any atom is 0.193 e. The quantitative estimate of drug-likeness (QED) is 0.417. The Morgan fingerprint density at radius 3 is 2.55 bits per heavy atom. The molecule has 2 rings (SSSR count). The third-order valence-electron chi connectivity index (χ3n) is 4.61. The molecule has 0 saturated carbocycles. The van der Waals surface area contributed by atoms with Crippen molar-refractivity contribution in [3.05, 3.63) is 0 Å². The van der Waals surface area contributed by atoms with Gasteiger partial charge in [0.05, 0.1) is 6.61 Å². The zero-order valence-corrected chi connectivity index (χ0v) is 16.6. The third kappa shape index (κ3) is 6.58. The molecule has 2 heterocycles. The van der Waals surface area contributed by atoms with E-state index < -0.39 is 0 Å². The summed E-state index contributed by atoms with van der Waals surface area (Å²) in [5.41, 5.74) is 0. The molecule has 22 heavy (non-hydrogen) atoms. The van der Waals surface area contributed by atoms with Gasteiger partial charge in [0.25, 0.3) is 0 Å². The second kappa shape index (κ2) is 11.5. The van der Waals surface area contributed by atoms with Crippen molar-refractivity contribution in [3.63, 3.8) is 0 Å². The Bertz CT molecular complexity index is 319. The van der Waals surface area contributed by atoms with Gasteiger partial charge in [0.2, 0.25) is 0 Å². The lowest BCUT2D eigenvalue weighted by atomic mass is 10.1. The van der Waals surface area contributed by atoms with Crippen molar-refractivity contribution in [1.29, 1.82) is 0 Å². The summed E-state index contributed by atoms with van der Waals surface area (Å²) in [7, 11) is 3.68. The predicted molar refractivity (Wildman–Crippen MR) is 103 cm³/mol. The number of aliphatic imine (C=N–C) groups is 1. The number of halogens is 1. The maximum atomic E-state index is 5.27. The molecular formula is C16H33IN4O. The molecule has 1 atom stereocenters. The van der Waals surface area contributed by atoms with Gasteiger partial charge in [0, 0.05) is 46.3 Å². The fraction of sp³-hybridized carbons (Fsp3) is 0.938. The summed E-state index contributed by atoms with van der Waals surface area (Å²) < 4.78 is 5.27. The Hall–Kier alpha value is -0.0800. The fourth-order valence-electron chi connectivity index (χ4n) is 3.41. The molecule has 2 aliphatic rings. The Labute approximate surface area is 152 Å². The molecule has 0 aromatic rings. The van der Waals surface area contributed by atoms with Gasteiger partial charge in [0.1, 0.15) is 0 Å². The van der Waals surface area contributed by atoms with E-state index in [0.29, 0.717) is 5.92 Å². The van der Waals surface area contributed by atoms with Crippen LogP contribution in [-0.4, -0.2) is 75.8 Å². The summed E-state index contributed by atoms with van der Waals surface area (Å²) in [4.78, 5) is 9.39. The Kier molecular flexibility index (Phi) is 10.4. The van der Waals surface area contributed by atoms with Gasteiger partial charge >= 0.3 is 0 Å². The normalized spacial score (nSPS) is 24.0. The first-order valence-corrected chi connectivity index (χ1v) is 8.50. The number of hydrogen-bond donors (Lipinski definition) is 1. The maximum absolute atomic E-state index is 5.27. The van der Waals surface area contributed by atoms with Gasteiger partial charge in [0.15, 0.2) is 5.96 Å². The molecule has 130 valence electrons. The highest BCUT2D eigenvalue weighted by molar-refractivity contribution is 14.0. The number of nitrogens with one attached hydrogen (secondary N) is 1. The smallest absolute Gasteiger partial charge is 0.193 e. The lowest BCUT2D eigenvalue weighted by Gasteiger charge is -2.24. The highest BCUT2D eigenvalue weighted by Gasteiger charge is 2.24. The van der Waals surface area contributed by atoms with Gasteiger partial charge in [-0.25, -0.2) is 0 Å². The summed E-state index contributed by atoms with van der Waals surface area (Å²) in [6.07, 6.45) is 6.74. The van der Waals surface area contributed by atoms with Crippen LogP contribution in [0.1, 0.15) is 32.1 Å². The minimum atomic E-state index is 0.